The van der Waals surface area contributed by atoms with Crippen molar-refractivity contribution in [2.45, 2.75) is 205 Å². The number of unbranched alkanes of at least 4 members (excludes halogenated alkanes) is 13. The lowest BCUT2D eigenvalue weighted by Crippen LogP contribution is -2.59. The molecular weight excluding hydrogens is 773 g/mol. The molecule has 6 atom stereocenters. The summed E-state index contributed by atoms with van der Waals surface area (Å²) in [5.41, 5.74) is 0. The van der Waals surface area contributed by atoms with Crippen LogP contribution in [0, 0.1) is 0 Å². The van der Waals surface area contributed by atoms with Crippen molar-refractivity contribution in [3.63, 3.8) is 0 Å². The van der Waals surface area contributed by atoms with E-state index < -0.39 is 55.4 Å². The second-order valence-corrected chi connectivity index (χ2v) is 15.8. The quantitative estimate of drug-likeness (QED) is 0.0268. The van der Waals surface area contributed by atoms with Crippen LogP contribution in [0.2, 0.25) is 0 Å². The lowest BCUT2D eigenvalue weighted by atomic mass is 9.99. The summed E-state index contributed by atoms with van der Waals surface area (Å²) in [6.07, 6.45) is 45.8. The van der Waals surface area contributed by atoms with Crippen LogP contribution in [0.1, 0.15) is 168 Å². The largest absolute Gasteiger partial charge is 0.462 e. The van der Waals surface area contributed by atoms with Crippen LogP contribution in [0.25, 0.3) is 0 Å². The topological polar surface area (TPSA) is 152 Å². The SMILES string of the molecule is CCCCC/C=C/C/C=C/C/C=C/C/C=C/CCCCCC(=O)OC[C@@H](CO[C@H]1O[C@@H](CO)[C@@H](O)C(O)C1O)OC(=O)CCCCCC/C=C/C/C=C/C/C=C/CCCCC. The Morgan fingerprint density at radius 1 is 0.508 bits per heavy atom. The maximum absolute atomic E-state index is 12.8. The summed E-state index contributed by atoms with van der Waals surface area (Å²) >= 11 is 0. The molecule has 0 bridgehead atoms. The van der Waals surface area contributed by atoms with Crippen LogP contribution in [0.5, 0.6) is 0 Å². The zero-order valence-electron chi connectivity index (χ0n) is 37.9. The lowest BCUT2D eigenvalue weighted by Gasteiger charge is -2.39. The first-order chi connectivity index (χ1) is 29.8. The van der Waals surface area contributed by atoms with Gasteiger partial charge in [0, 0.05) is 12.8 Å². The van der Waals surface area contributed by atoms with Gasteiger partial charge in [-0.15, -0.1) is 0 Å². The number of esters is 2. The second kappa shape index (κ2) is 40.9. The summed E-state index contributed by atoms with van der Waals surface area (Å²) in [6, 6.07) is 0. The molecule has 0 amide bonds. The van der Waals surface area contributed by atoms with Crippen LogP contribution in [0.4, 0.5) is 0 Å². The summed E-state index contributed by atoms with van der Waals surface area (Å²) in [6.45, 7) is 3.30. The van der Waals surface area contributed by atoms with Gasteiger partial charge in [0.25, 0.3) is 0 Å². The van der Waals surface area contributed by atoms with E-state index in [0.29, 0.717) is 12.8 Å². The fourth-order valence-corrected chi connectivity index (χ4v) is 6.47. The smallest absolute Gasteiger partial charge is 0.306 e. The number of hydrogen-bond acceptors (Lipinski definition) is 10. The van der Waals surface area contributed by atoms with E-state index in [1.54, 1.807) is 0 Å². The Morgan fingerprint density at radius 3 is 1.38 bits per heavy atom. The van der Waals surface area contributed by atoms with Crippen LogP contribution in [0.15, 0.2) is 85.1 Å². The number of carbonyl (C=O) groups is 2. The Kier molecular flexibility index (Phi) is 37.5. The van der Waals surface area contributed by atoms with Crippen molar-refractivity contribution in [1.29, 1.82) is 0 Å². The third-order valence-electron chi connectivity index (χ3n) is 10.3. The van der Waals surface area contributed by atoms with Gasteiger partial charge in [0.1, 0.15) is 31.0 Å². The van der Waals surface area contributed by atoms with Crippen molar-refractivity contribution in [2.75, 3.05) is 19.8 Å². The van der Waals surface area contributed by atoms with Gasteiger partial charge in [0.15, 0.2) is 12.4 Å². The zero-order valence-corrected chi connectivity index (χ0v) is 37.9. The molecule has 0 aromatic rings. The summed E-state index contributed by atoms with van der Waals surface area (Å²) in [5.74, 6) is -0.875. The molecule has 0 spiro atoms. The molecule has 1 aliphatic heterocycles. The molecule has 0 radical (unpaired) electrons. The zero-order chi connectivity index (χ0) is 44.4. The Labute approximate surface area is 369 Å². The Balaban J connectivity index is 2.37. The summed E-state index contributed by atoms with van der Waals surface area (Å²) in [4.78, 5) is 25.4. The predicted octanol–water partition coefficient (Wildman–Crippen LogP) is 10.6. The molecule has 1 rings (SSSR count). The molecule has 1 saturated heterocycles. The van der Waals surface area contributed by atoms with Crippen LogP contribution >= 0.6 is 0 Å². The van der Waals surface area contributed by atoms with Gasteiger partial charge >= 0.3 is 11.9 Å². The number of allylic oxidation sites excluding steroid dienone is 14. The fourth-order valence-electron chi connectivity index (χ4n) is 6.47. The molecular formula is C51H84O10. The van der Waals surface area contributed by atoms with Gasteiger partial charge in [0.05, 0.1) is 13.2 Å². The normalized spacial score (nSPS) is 20.5. The second-order valence-electron chi connectivity index (χ2n) is 15.8. The van der Waals surface area contributed by atoms with Gasteiger partial charge in [-0.2, -0.15) is 0 Å². The van der Waals surface area contributed by atoms with E-state index in [4.69, 9.17) is 18.9 Å². The third-order valence-corrected chi connectivity index (χ3v) is 10.3. The molecule has 0 aromatic carbocycles. The molecule has 10 nitrogen and oxygen atoms in total. The first kappa shape index (κ1) is 55.9. The first-order valence-electron chi connectivity index (χ1n) is 23.7. The third kappa shape index (κ3) is 32.3. The number of aliphatic hydroxyl groups excluding tert-OH is 4. The molecule has 2 unspecified atom stereocenters. The van der Waals surface area contributed by atoms with Crippen LogP contribution in [-0.2, 0) is 28.5 Å². The predicted molar refractivity (Wildman–Crippen MR) is 247 cm³/mol. The molecule has 0 aromatic heterocycles. The fraction of sp³-hybridized carbons (Fsp3) is 0.686. The van der Waals surface area contributed by atoms with E-state index in [2.05, 4.69) is 98.9 Å². The molecule has 4 N–H and O–H groups in total. The summed E-state index contributed by atoms with van der Waals surface area (Å²) in [5, 5.41) is 40.1. The van der Waals surface area contributed by atoms with E-state index >= 15 is 0 Å². The van der Waals surface area contributed by atoms with Gasteiger partial charge in [0.2, 0.25) is 0 Å². The number of aliphatic hydroxyl groups is 4. The Hall–Kier alpha value is -3.12. The van der Waals surface area contributed by atoms with Crippen LogP contribution < -0.4 is 0 Å². The van der Waals surface area contributed by atoms with Crippen molar-refractivity contribution >= 4 is 11.9 Å². The van der Waals surface area contributed by atoms with Crippen LogP contribution in [-0.4, -0.2) is 89.0 Å². The minimum atomic E-state index is -1.61. The van der Waals surface area contributed by atoms with Crippen molar-refractivity contribution in [1.82, 2.24) is 0 Å². The summed E-state index contributed by atoms with van der Waals surface area (Å²) < 4.78 is 22.1. The van der Waals surface area contributed by atoms with E-state index in [9.17, 15) is 30.0 Å². The standard InChI is InChI=1S/C51H84O10/c1-3-5-7-9-11-13-15-17-19-21-22-24-25-27-29-31-33-35-37-39-46(53)58-42-44(43-59-51-50(57)49(56)48(55)45(41-52)61-51)60-47(54)40-38-36-34-32-30-28-26-23-20-18-16-14-12-10-8-6-4-2/h11-14,17-20,22,24,26-29,44-45,48-52,55-57H,3-10,15-16,21,23,25,30-43H2,1-2H3/b13-11+,14-12+,19-17+,20-18+,24-22+,28-26+,29-27+/t44-,45-,48+,49?,50?,51-/m0/s1. The lowest BCUT2D eigenvalue weighted by molar-refractivity contribution is -0.305. The molecule has 10 heteroatoms. The molecule has 61 heavy (non-hydrogen) atoms. The van der Waals surface area contributed by atoms with E-state index in [1.807, 2.05) is 0 Å². The average Bonchev–Trinajstić information content (AvgIpc) is 3.26. The van der Waals surface area contributed by atoms with Crippen LogP contribution in [0.3, 0.4) is 0 Å². The van der Waals surface area contributed by atoms with E-state index in [0.717, 1.165) is 77.0 Å². The monoisotopic (exact) mass is 857 g/mol. The summed E-state index contributed by atoms with van der Waals surface area (Å²) in [7, 11) is 0. The highest BCUT2D eigenvalue weighted by Crippen LogP contribution is 2.22. The van der Waals surface area contributed by atoms with Gasteiger partial charge in [-0.3, -0.25) is 9.59 Å². The number of hydrogen-bond donors (Lipinski definition) is 4. The highest BCUT2D eigenvalue weighted by molar-refractivity contribution is 5.70. The van der Waals surface area contributed by atoms with Crippen molar-refractivity contribution < 1.29 is 49.0 Å². The molecule has 348 valence electrons. The van der Waals surface area contributed by atoms with Gasteiger partial charge in [-0.25, -0.2) is 0 Å². The molecule has 1 aliphatic rings. The van der Waals surface area contributed by atoms with Gasteiger partial charge in [-0.1, -0.05) is 144 Å². The molecule has 0 saturated carbocycles. The first-order valence-corrected chi connectivity index (χ1v) is 23.7. The Morgan fingerprint density at radius 2 is 0.918 bits per heavy atom. The number of carbonyl (C=O) groups excluding carboxylic acids is 2. The minimum absolute atomic E-state index is 0.192. The van der Waals surface area contributed by atoms with Gasteiger partial charge < -0.3 is 39.4 Å². The van der Waals surface area contributed by atoms with Crippen molar-refractivity contribution in [3.8, 4) is 0 Å². The maximum Gasteiger partial charge on any atom is 0.306 e. The minimum Gasteiger partial charge on any atom is -0.462 e. The Bertz CT molecular complexity index is 1270. The van der Waals surface area contributed by atoms with Gasteiger partial charge in [-0.05, 0) is 96.3 Å². The average molecular weight is 857 g/mol. The molecule has 1 fully saturated rings. The molecule has 1 heterocycles. The van der Waals surface area contributed by atoms with E-state index in [-0.39, 0.29) is 26.1 Å². The number of ether oxygens (including phenoxy) is 4. The number of rotatable bonds is 38. The highest BCUT2D eigenvalue weighted by atomic mass is 16.7. The van der Waals surface area contributed by atoms with Crippen molar-refractivity contribution in [2.24, 2.45) is 0 Å². The van der Waals surface area contributed by atoms with E-state index in [1.165, 1.54) is 51.4 Å². The highest BCUT2D eigenvalue weighted by Gasteiger charge is 2.44. The molecule has 0 aliphatic carbocycles. The maximum atomic E-state index is 12.8. The van der Waals surface area contributed by atoms with Crippen molar-refractivity contribution in [3.05, 3.63) is 85.1 Å².